The Kier molecular flexibility index (Phi) is 3.08. The molecule has 1 aromatic carbocycles. The summed E-state index contributed by atoms with van der Waals surface area (Å²) in [5.74, 6) is 0. The Morgan fingerprint density at radius 2 is 2.17 bits per heavy atom. The molecule has 0 spiro atoms. The van der Waals surface area contributed by atoms with E-state index in [1.807, 2.05) is 31.2 Å². The molecule has 0 atom stereocenters. The van der Waals surface area contributed by atoms with Crippen molar-refractivity contribution < 1.29 is 10.2 Å². The highest BCUT2D eigenvalue weighted by atomic mass is 16.5. The number of aliphatic hydroxyl groups is 2. The van der Waals surface area contributed by atoms with Gasteiger partial charge in [-0.15, -0.1) is 0 Å². The molecule has 12 heavy (non-hydrogen) atoms. The summed E-state index contributed by atoms with van der Waals surface area (Å²) in [4.78, 5) is 0. The van der Waals surface area contributed by atoms with Crippen LogP contribution < -0.4 is 5.32 Å². The quantitative estimate of drug-likeness (QED) is 0.581. The molecular weight excluding hydrogens is 154 g/mol. The Balaban J connectivity index is 2.52. The number of nitrogens with one attached hydrogen (secondary N) is 1. The number of hydrogen-bond acceptors (Lipinski definition) is 3. The summed E-state index contributed by atoms with van der Waals surface area (Å²) in [5.41, 5.74) is 2.05. The molecule has 0 aromatic heterocycles. The van der Waals surface area contributed by atoms with Crippen LogP contribution in [-0.4, -0.2) is 23.0 Å². The zero-order valence-corrected chi connectivity index (χ0v) is 6.99. The topological polar surface area (TPSA) is 52.5 Å². The minimum atomic E-state index is -1.30. The number of rotatable bonds is 3. The predicted molar refractivity (Wildman–Crippen MR) is 47.9 cm³/mol. The summed E-state index contributed by atoms with van der Waals surface area (Å²) in [6, 6.07) is 7.74. The number of hydrogen-bond donors (Lipinski definition) is 3. The van der Waals surface area contributed by atoms with Gasteiger partial charge in [-0.25, -0.2) is 0 Å². The lowest BCUT2D eigenvalue weighted by atomic mass is 10.2. The molecule has 0 saturated heterocycles. The summed E-state index contributed by atoms with van der Waals surface area (Å²) >= 11 is 0. The summed E-state index contributed by atoms with van der Waals surface area (Å²) in [6.07, 6.45) is -1.30. The van der Waals surface area contributed by atoms with E-state index in [-0.39, 0.29) is 6.54 Å². The van der Waals surface area contributed by atoms with Gasteiger partial charge in [0.1, 0.15) is 0 Å². The van der Waals surface area contributed by atoms with Crippen molar-refractivity contribution in [1.82, 2.24) is 0 Å². The lowest BCUT2D eigenvalue weighted by molar-refractivity contribution is -0.0275. The lowest BCUT2D eigenvalue weighted by Crippen LogP contribution is -2.18. The van der Waals surface area contributed by atoms with E-state index >= 15 is 0 Å². The third kappa shape index (κ3) is 2.90. The van der Waals surface area contributed by atoms with Crippen LogP contribution in [0.5, 0.6) is 0 Å². The fourth-order valence-electron chi connectivity index (χ4n) is 0.964. The minimum Gasteiger partial charge on any atom is -0.380 e. The van der Waals surface area contributed by atoms with E-state index in [4.69, 9.17) is 10.2 Å². The minimum absolute atomic E-state index is 0.156. The van der Waals surface area contributed by atoms with Crippen molar-refractivity contribution in [1.29, 1.82) is 0 Å². The van der Waals surface area contributed by atoms with Crippen LogP contribution >= 0.6 is 0 Å². The molecule has 0 aliphatic rings. The normalized spacial score (nSPS) is 10.3. The van der Waals surface area contributed by atoms with Gasteiger partial charge in [-0.2, -0.15) is 0 Å². The molecule has 0 fully saturated rings. The Hall–Kier alpha value is -1.06. The van der Waals surface area contributed by atoms with Gasteiger partial charge in [0, 0.05) is 5.69 Å². The Morgan fingerprint density at radius 3 is 2.75 bits per heavy atom. The first-order valence-electron chi connectivity index (χ1n) is 3.85. The van der Waals surface area contributed by atoms with Gasteiger partial charge in [0.25, 0.3) is 0 Å². The van der Waals surface area contributed by atoms with Crippen LogP contribution in [0, 0.1) is 6.92 Å². The van der Waals surface area contributed by atoms with Crippen molar-refractivity contribution in [2.24, 2.45) is 0 Å². The van der Waals surface area contributed by atoms with Gasteiger partial charge in [0.15, 0.2) is 6.29 Å². The van der Waals surface area contributed by atoms with Gasteiger partial charge in [-0.1, -0.05) is 12.1 Å². The zero-order valence-electron chi connectivity index (χ0n) is 6.99. The molecule has 66 valence electrons. The molecule has 1 rings (SSSR count). The maximum absolute atomic E-state index is 8.58. The third-order valence-electron chi connectivity index (χ3n) is 1.51. The summed E-state index contributed by atoms with van der Waals surface area (Å²) in [6.45, 7) is 2.14. The maximum atomic E-state index is 8.58. The monoisotopic (exact) mass is 167 g/mol. The molecular formula is C9H13NO2. The van der Waals surface area contributed by atoms with E-state index in [1.54, 1.807) is 0 Å². The largest absolute Gasteiger partial charge is 0.380 e. The first-order chi connectivity index (χ1) is 5.68. The van der Waals surface area contributed by atoms with Crippen LogP contribution in [0.4, 0.5) is 5.69 Å². The van der Waals surface area contributed by atoms with Crippen LogP contribution in [0.15, 0.2) is 24.3 Å². The Bertz CT molecular complexity index is 248. The molecule has 0 aliphatic heterocycles. The number of benzene rings is 1. The Morgan fingerprint density at radius 1 is 1.42 bits per heavy atom. The molecule has 3 N–H and O–H groups in total. The van der Waals surface area contributed by atoms with Gasteiger partial charge in [-0.3, -0.25) is 0 Å². The first kappa shape index (κ1) is 9.03. The second-order valence-corrected chi connectivity index (χ2v) is 2.73. The van der Waals surface area contributed by atoms with Crippen LogP contribution in [0.2, 0.25) is 0 Å². The smallest absolute Gasteiger partial charge is 0.169 e. The van der Waals surface area contributed by atoms with Crippen molar-refractivity contribution in [3.05, 3.63) is 29.8 Å². The van der Waals surface area contributed by atoms with Crippen molar-refractivity contribution in [3.63, 3.8) is 0 Å². The predicted octanol–water partition coefficient (Wildman–Crippen LogP) is 0.718. The van der Waals surface area contributed by atoms with Crippen molar-refractivity contribution in [2.75, 3.05) is 11.9 Å². The zero-order chi connectivity index (χ0) is 8.97. The van der Waals surface area contributed by atoms with Crippen molar-refractivity contribution in [2.45, 2.75) is 13.2 Å². The standard InChI is InChI=1S/C9H13NO2/c1-7-3-2-4-8(5-7)10-6-9(11)12/h2-5,9-12H,6H2,1H3. The van der Waals surface area contributed by atoms with E-state index in [2.05, 4.69) is 5.32 Å². The molecule has 0 radical (unpaired) electrons. The summed E-state index contributed by atoms with van der Waals surface area (Å²) < 4.78 is 0. The molecule has 1 aromatic rings. The van der Waals surface area contributed by atoms with Gasteiger partial charge in [0.05, 0.1) is 6.54 Å². The molecule has 0 aliphatic carbocycles. The van der Waals surface area contributed by atoms with Gasteiger partial charge in [-0.05, 0) is 24.6 Å². The average Bonchev–Trinajstić information content (AvgIpc) is 2.01. The fourth-order valence-corrected chi connectivity index (χ4v) is 0.964. The van der Waals surface area contributed by atoms with Crippen LogP contribution in [0.25, 0.3) is 0 Å². The van der Waals surface area contributed by atoms with Crippen LogP contribution in [0.1, 0.15) is 5.56 Å². The maximum Gasteiger partial charge on any atom is 0.169 e. The highest BCUT2D eigenvalue weighted by Gasteiger charge is 1.96. The van der Waals surface area contributed by atoms with E-state index in [1.165, 1.54) is 0 Å². The molecule has 0 amide bonds. The highest BCUT2D eigenvalue weighted by Crippen LogP contribution is 2.08. The Labute approximate surface area is 71.7 Å². The lowest BCUT2D eigenvalue weighted by Gasteiger charge is -2.07. The third-order valence-corrected chi connectivity index (χ3v) is 1.51. The molecule has 0 heterocycles. The van der Waals surface area contributed by atoms with Gasteiger partial charge >= 0.3 is 0 Å². The second-order valence-electron chi connectivity index (χ2n) is 2.73. The molecule has 3 nitrogen and oxygen atoms in total. The number of aryl methyl sites for hydroxylation is 1. The average molecular weight is 167 g/mol. The summed E-state index contributed by atoms with van der Waals surface area (Å²) in [7, 11) is 0. The first-order valence-corrected chi connectivity index (χ1v) is 3.85. The van der Waals surface area contributed by atoms with Gasteiger partial charge < -0.3 is 15.5 Å². The fraction of sp³-hybridized carbons (Fsp3) is 0.333. The van der Waals surface area contributed by atoms with Crippen molar-refractivity contribution in [3.8, 4) is 0 Å². The van der Waals surface area contributed by atoms with Crippen molar-refractivity contribution >= 4 is 5.69 Å². The second kappa shape index (κ2) is 4.09. The van der Waals surface area contributed by atoms with Gasteiger partial charge in [0.2, 0.25) is 0 Å². The van der Waals surface area contributed by atoms with E-state index < -0.39 is 6.29 Å². The highest BCUT2D eigenvalue weighted by molar-refractivity contribution is 5.45. The molecule has 0 saturated carbocycles. The molecule has 3 heteroatoms. The molecule has 0 bridgehead atoms. The van der Waals surface area contributed by atoms with E-state index in [0.29, 0.717) is 0 Å². The number of aliphatic hydroxyl groups excluding tert-OH is 1. The van der Waals surface area contributed by atoms with Crippen LogP contribution in [-0.2, 0) is 0 Å². The summed E-state index contributed by atoms with van der Waals surface area (Å²) in [5, 5.41) is 20.0. The van der Waals surface area contributed by atoms with E-state index in [9.17, 15) is 0 Å². The van der Waals surface area contributed by atoms with E-state index in [0.717, 1.165) is 11.3 Å². The molecule has 0 unspecified atom stereocenters. The SMILES string of the molecule is Cc1cccc(NCC(O)O)c1. The number of anilines is 1. The van der Waals surface area contributed by atoms with Crippen LogP contribution in [0.3, 0.4) is 0 Å².